The average molecular weight is 572 g/mol. The first-order chi connectivity index (χ1) is 19.1. The fraction of sp³-hybridized carbons (Fsp3) is 0.429. The van der Waals surface area contributed by atoms with Gasteiger partial charge in [0.2, 0.25) is 17.7 Å². The average Bonchev–Trinajstić information content (AvgIpc) is 2.91. The van der Waals surface area contributed by atoms with Gasteiger partial charge < -0.3 is 38.3 Å². The lowest BCUT2D eigenvalue weighted by Crippen LogP contribution is -2.50. The van der Waals surface area contributed by atoms with Gasteiger partial charge in [-0.1, -0.05) is 49.8 Å². The third-order valence-electron chi connectivity index (χ3n) is 6.78. The zero-order valence-electron chi connectivity index (χ0n) is 22.4. The molecule has 1 aliphatic carbocycles. The molecule has 1 aliphatic rings. The van der Waals surface area contributed by atoms with Crippen molar-refractivity contribution >= 4 is 41.0 Å². The van der Waals surface area contributed by atoms with E-state index in [0.717, 1.165) is 32.1 Å². The maximum absolute atomic E-state index is 13.6. The Morgan fingerprint density at radius 1 is 1.02 bits per heavy atom. The van der Waals surface area contributed by atoms with E-state index in [4.69, 9.17) is 39.3 Å². The number of hydrogen-bond donors (Lipinski definition) is 6. The van der Waals surface area contributed by atoms with Crippen LogP contribution in [0.1, 0.15) is 61.7 Å². The van der Waals surface area contributed by atoms with Crippen LogP contribution in [-0.2, 0) is 9.59 Å². The van der Waals surface area contributed by atoms with Crippen molar-refractivity contribution in [3.63, 3.8) is 0 Å². The number of nitrogens with one attached hydrogen (secondary N) is 2. The zero-order chi connectivity index (χ0) is 29.1. The second kappa shape index (κ2) is 15.1. The summed E-state index contributed by atoms with van der Waals surface area (Å²) in [4.78, 5) is 42.4. The van der Waals surface area contributed by atoms with Gasteiger partial charge in [0.05, 0.1) is 11.7 Å². The van der Waals surface area contributed by atoms with Gasteiger partial charge in [-0.3, -0.25) is 19.4 Å². The number of hydrogen-bond acceptors (Lipinski definition) is 6. The van der Waals surface area contributed by atoms with E-state index in [1.165, 1.54) is 18.2 Å². The molecule has 0 saturated heterocycles. The Labute approximate surface area is 239 Å². The molecule has 2 aromatic rings. The van der Waals surface area contributed by atoms with Gasteiger partial charge in [-0.15, -0.1) is 0 Å². The minimum absolute atomic E-state index is 0.0265. The first-order valence-electron chi connectivity index (χ1n) is 13.4. The fourth-order valence-corrected chi connectivity index (χ4v) is 4.84. The summed E-state index contributed by atoms with van der Waals surface area (Å²) in [5, 5.41) is 6.14. The van der Waals surface area contributed by atoms with Crippen LogP contribution in [0, 0.1) is 5.92 Å². The van der Waals surface area contributed by atoms with Crippen molar-refractivity contribution in [1.82, 2.24) is 5.32 Å². The molecule has 0 heterocycles. The van der Waals surface area contributed by atoms with Crippen molar-refractivity contribution in [2.45, 2.75) is 63.5 Å². The molecule has 3 amide bonds. The van der Waals surface area contributed by atoms with Crippen LogP contribution < -0.4 is 38.3 Å². The molecule has 0 bridgehead atoms. The monoisotopic (exact) mass is 571 g/mol. The molecule has 0 aliphatic heterocycles. The molecule has 0 spiro atoms. The molecule has 2 atom stereocenters. The molecule has 0 aromatic heterocycles. The SMILES string of the molecule is NC(=O)c1ccc(Oc2cccc(Cl)c2)c(NC(=O)[C@H](CC2CCCCC2)NC(=O)[C@@H](N)CCCN=C(N)N)c1. The smallest absolute Gasteiger partial charge is 0.248 e. The summed E-state index contributed by atoms with van der Waals surface area (Å²) in [5.74, 6) is -0.591. The molecular weight excluding hydrogens is 534 g/mol. The Morgan fingerprint density at radius 3 is 2.45 bits per heavy atom. The number of primary amides is 1. The molecule has 40 heavy (non-hydrogen) atoms. The van der Waals surface area contributed by atoms with Crippen LogP contribution in [0.15, 0.2) is 47.5 Å². The topological polar surface area (TPSA) is 201 Å². The number of nitrogens with zero attached hydrogens (tertiary/aromatic N) is 1. The summed E-state index contributed by atoms with van der Waals surface area (Å²) in [6.45, 7) is 0.348. The molecule has 0 radical (unpaired) electrons. The number of nitrogens with two attached hydrogens (primary N) is 4. The minimum Gasteiger partial charge on any atom is -0.455 e. The van der Waals surface area contributed by atoms with Crippen LogP contribution >= 0.6 is 11.6 Å². The van der Waals surface area contributed by atoms with Crippen LogP contribution in [0.25, 0.3) is 0 Å². The van der Waals surface area contributed by atoms with Crippen LogP contribution in [0.2, 0.25) is 5.02 Å². The van der Waals surface area contributed by atoms with Crippen LogP contribution in [0.4, 0.5) is 5.69 Å². The fourth-order valence-electron chi connectivity index (χ4n) is 4.66. The van der Waals surface area contributed by atoms with Crippen molar-refractivity contribution in [2.75, 3.05) is 11.9 Å². The highest BCUT2D eigenvalue weighted by Gasteiger charge is 2.28. The number of rotatable bonds is 13. The Kier molecular flexibility index (Phi) is 11.6. The number of aliphatic imine (C=N–C) groups is 1. The van der Waals surface area contributed by atoms with Crippen molar-refractivity contribution in [3.8, 4) is 11.5 Å². The number of amides is 3. The molecule has 11 nitrogen and oxygen atoms in total. The Bertz CT molecular complexity index is 1210. The Morgan fingerprint density at radius 2 is 1.77 bits per heavy atom. The Balaban J connectivity index is 1.79. The van der Waals surface area contributed by atoms with Gasteiger partial charge in [0, 0.05) is 17.1 Å². The lowest BCUT2D eigenvalue weighted by molar-refractivity contribution is -0.127. The van der Waals surface area contributed by atoms with E-state index in [9.17, 15) is 14.4 Å². The van der Waals surface area contributed by atoms with Gasteiger partial charge in [0.1, 0.15) is 11.8 Å². The second-order valence-corrected chi connectivity index (χ2v) is 10.4. The summed E-state index contributed by atoms with van der Waals surface area (Å²) in [6.07, 6.45) is 6.58. The highest BCUT2D eigenvalue weighted by molar-refractivity contribution is 6.30. The van der Waals surface area contributed by atoms with Crippen molar-refractivity contribution in [3.05, 3.63) is 53.1 Å². The van der Waals surface area contributed by atoms with Crippen molar-refractivity contribution < 1.29 is 19.1 Å². The molecular formula is C28H38ClN7O4. The largest absolute Gasteiger partial charge is 0.455 e. The number of carbonyl (C=O) groups excluding carboxylic acids is 3. The minimum atomic E-state index is -0.851. The second-order valence-electron chi connectivity index (χ2n) is 9.98. The molecule has 10 N–H and O–H groups in total. The molecule has 12 heteroatoms. The quantitative estimate of drug-likeness (QED) is 0.120. The van der Waals surface area contributed by atoms with E-state index < -0.39 is 29.8 Å². The van der Waals surface area contributed by atoms with Crippen molar-refractivity contribution in [2.24, 2.45) is 33.8 Å². The van der Waals surface area contributed by atoms with Gasteiger partial charge in [-0.2, -0.15) is 0 Å². The molecule has 216 valence electrons. The molecule has 3 rings (SSSR count). The van der Waals surface area contributed by atoms with Gasteiger partial charge in [-0.05, 0) is 61.6 Å². The van der Waals surface area contributed by atoms with E-state index in [0.29, 0.717) is 36.6 Å². The maximum Gasteiger partial charge on any atom is 0.248 e. The van der Waals surface area contributed by atoms with E-state index in [2.05, 4.69) is 15.6 Å². The molecule has 0 unspecified atom stereocenters. The molecule has 1 saturated carbocycles. The molecule has 1 fully saturated rings. The summed E-state index contributed by atoms with van der Waals surface area (Å²) < 4.78 is 5.96. The number of guanidine groups is 1. The van der Waals surface area contributed by atoms with E-state index in [-0.39, 0.29) is 28.9 Å². The van der Waals surface area contributed by atoms with E-state index in [1.807, 2.05) is 0 Å². The lowest BCUT2D eigenvalue weighted by Gasteiger charge is -2.27. The summed E-state index contributed by atoms with van der Waals surface area (Å²) in [5.41, 5.74) is 22.7. The highest BCUT2D eigenvalue weighted by atomic mass is 35.5. The van der Waals surface area contributed by atoms with E-state index in [1.54, 1.807) is 24.3 Å². The van der Waals surface area contributed by atoms with Gasteiger partial charge in [-0.25, -0.2) is 0 Å². The molecule has 2 aromatic carbocycles. The third-order valence-corrected chi connectivity index (χ3v) is 7.01. The third kappa shape index (κ3) is 9.73. The zero-order valence-corrected chi connectivity index (χ0v) is 23.2. The standard InChI is InChI=1S/C28H38ClN7O4/c29-19-8-4-9-20(16-19)40-24-12-11-18(25(31)37)15-22(24)35-27(39)23(14-17-6-2-1-3-7-17)36-26(38)21(30)10-5-13-34-28(32)33/h4,8-9,11-12,15-17,21,23H,1-3,5-7,10,13-14,30H2,(H2,31,37)(H,35,39)(H,36,38)(H4,32,33,34)/t21-,23-/m0/s1. The number of halogens is 1. The van der Waals surface area contributed by atoms with Crippen molar-refractivity contribution in [1.29, 1.82) is 0 Å². The lowest BCUT2D eigenvalue weighted by atomic mass is 9.84. The van der Waals surface area contributed by atoms with E-state index >= 15 is 0 Å². The normalized spacial score (nSPS) is 14.9. The summed E-state index contributed by atoms with van der Waals surface area (Å²) >= 11 is 6.09. The van der Waals surface area contributed by atoms with Gasteiger partial charge in [0.25, 0.3) is 0 Å². The summed E-state index contributed by atoms with van der Waals surface area (Å²) in [7, 11) is 0. The van der Waals surface area contributed by atoms with Gasteiger partial charge in [0.15, 0.2) is 11.7 Å². The van der Waals surface area contributed by atoms with Crippen LogP contribution in [0.3, 0.4) is 0 Å². The van der Waals surface area contributed by atoms with Gasteiger partial charge >= 0.3 is 0 Å². The summed E-state index contributed by atoms with van der Waals surface area (Å²) in [6, 6.07) is 9.55. The number of benzene rings is 2. The first kappa shape index (κ1) is 30.7. The highest BCUT2D eigenvalue weighted by Crippen LogP contribution is 2.33. The number of ether oxygens (including phenoxy) is 1. The maximum atomic E-state index is 13.6. The number of anilines is 1. The first-order valence-corrected chi connectivity index (χ1v) is 13.8. The Hall–Kier alpha value is -3.83. The predicted octanol–water partition coefficient (Wildman–Crippen LogP) is 3.01. The predicted molar refractivity (Wildman–Crippen MR) is 156 cm³/mol. The van der Waals surface area contributed by atoms with Crippen LogP contribution in [0.5, 0.6) is 11.5 Å². The van der Waals surface area contributed by atoms with Crippen LogP contribution in [-0.4, -0.2) is 42.3 Å². The number of carbonyl (C=O) groups is 3.